The van der Waals surface area contributed by atoms with Gasteiger partial charge in [-0.3, -0.25) is 4.79 Å². The molecule has 0 aliphatic rings. The van der Waals surface area contributed by atoms with E-state index in [1.54, 1.807) is 0 Å². The highest BCUT2D eigenvalue weighted by molar-refractivity contribution is 5.88. The van der Waals surface area contributed by atoms with Crippen molar-refractivity contribution in [2.24, 2.45) is 5.73 Å². The third-order valence-corrected chi connectivity index (χ3v) is 2.33. The van der Waals surface area contributed by atoms with Crippen LogP contribution in [0.4, 0.5) is 5.69 Å². The third-order valence-electron chi connectivity index (χ3n) is 2.33. The predicted molar refractivity (Wildman–Crippen MR) is 64.0 cm³/mol. The molecule has 0 saturated heterocycles. The van der Waals surface area contributed by atoms with Crippen LogP contribution in [-0.2, 0) is 4.79 Å². The molecule has 4 heteroatoms. The molecule has 0 aliphatic heterocycles. The van der Waals surface area contributed by atoms with Crippen LogP contribution in [0.25, 0.3) is 0 Å². The molecule has 0 fully saturated rings. The van der Waals surface area contributed by atoms with Gasteiger partial charge in [0.15, 0.2) is 0 Å². The fraction of sp³-hybridized carbons (Fsp3) is 0.417. The Morgan fingerprint density at radius 3 is 2.56 bits per heavy atom. The Kier molecular flexibility index (Phi) is 4.95. The van der Waals surface area contributed by atoms with Gasteiger partial charge in [0, 0.05) is 25.3 Å². The van der Waals surface area contributed by atoms with Crippen LogP contribution < -0.4 is 11.1 Å². The summed E-state index contributed by atoms with van der Waals surface area (Å²) in [5.74, 6) is -0.0858. The molecule has 4 N–H and O–H groups in total. The number of nitrogens with two attached hydrogens (primary N) is 1. The number of aliphatic hydroxyl groups excluding tert-OH is 1. The largest absolute Gasteiger partial charge is 0.396 e. The molecule has 0 bridgehead atoms. The molecule has 0 heterocycles. The molecule has 1 atom stereocenters. The average Bonchev–Trinajstić information content (AvgIpc) is 2.26. The molecule has 16 heavy (non-hydrogen) atoms. The molecule has 0 aliphatic carbocycles. The summed E-state index contributed by atoms with van der Waals surface area (Å²) in [6.07, 6.45) is 1.46. The van der Waals surface area contributed by atoms with Crippen molar-refractivity contribution in [3.8, 4) is 0 Å². The van der Waals surface area contributed by atoms with E-state index in [1.807, 2.05) is 24.3 Å². The highest BCUT2D eigenvalue weighted by Gasteiger charge is 2.05. The van der Waals surface area contributed by atoms with Crippen LogP contribution in [0.3, 0.4) is 0 Å². The molecule has 1 aromatic carbocycles. The summed E-state index contributed by atoms with van der Waals surface area (Å²) < 4.78 is 0. The number of nitrogens with one attached hydrogen (secondary N) is 1. The van der Waals surface area contributed by atoms with Crippen molar-refractivity contribution in [3.05, 3.63) is 29.8 Å². The van der Waals surface area contributed by atoms with Gasteiger partial charge in [0.2, 0.25) is 5.91 Å². The second kappa shape index (κ2) is 6.25. The van der Waals surface area contributed by atoms with Gasteiger partial charge < -0.3 is 16.2 Å². The molecule has 1 aromatic rings. The Balaban J connectivity index is 2.59. The van der Waals surface area contributed by atoms with Gasteiger partial charge in [-0.05, 0) is 30.5 Å². The van der Waals surface area contributed by atoms with Crippen LogP contribution in [0.1, 0.15) is 31.4 Å². The lowest BCUT2D eigenvalue weighted by molar-refractivity contribution is -0.114. The van der Waals surface area contributed by atoms with Gasteiger partial charge in [-0.1, -0.05) is 12.1 Å². The summed E-state index contributed by atoms with van der Waals surface area (Å²) in [5.41, 5.74) is 7.72. The number of hydrogen-bond donors (Lipinski definition) is 3. The van der Waals surface area contributed by atoms with Crippen molar-refractivity contribution >= 4 is 11.6 Å². The van der Waals surface area contributed by atoms with Gasteiger partial charge >= 0.3 is 0 Å². The van der Waals surface area contributed by atoms with Gasteiger partial charge in [-0.15, -0.1) is 0 Å². The van der Waals surface area contributed by atoms with E-state index in [0.717, 1.165) is 17.7 Å². The van der Waals surface area contributed by atoms with Crippen LogP contribution >= 0.6 is 0 Å². The van der Waals surface area contributed by atoms with Crippen LogP contribution in [0.5, 0.6) is 0 Å². The molecular weight excluding hydrogens is 204 g/mol. The summed E-state index contributed by atoms with van der Waals surface area (Å²) in [4.78, 5) is 10.8. The molecule has 1 rings (SSSR count). The Morgan fingerprint density at radius 2 is 2.06 bits per heavy atom. The quantitative estimate of drug-likeness (QED) is 0.705. The smallest absolute Gasteiger partial charge is 0.221 e. The second-order valence-corrected chi connectivity index (χ2v) is 3.78. The molecule has 88 valence electrons. The number of aliphatic hydroxyl groups is 1. The van der Waals surface area contributed by atoms with Gasteiger partial charge in [-0.25, -0.2) is 0 Å². The molecular formula is C12H18N2O2. The number of benzene rings is 1. The average molecular weight is 222 g/mol. The van der Waals surface area contributed by atoms with Crippen molar-refractivity contribution in [2.45, 2.75) is 25.8 Å². The molecule has 0 radical (unpaired) electrons. The standard InChI is InChI=1S/C12H18N2O2/c1-9(16)14-11-6-4-10(5-7-11)12(13)3-2-8-15/h4-7,12,15H,2-3,8,13H2,1H3,(H,14,16)/t12-/m1/s1. The SMILES string of the molecule is CC(=O)Nc1ccc([C@H](N)CCCO)cc1. The van der Waals surface area contributed by atoms with Crippen LogP contribution in [-0.4, -0.2) is 17.6 Å². The minimum atomic E-state index is -0.0858. The number of rotatable bonds is 5. The topological polar surface area (TPSA) is 75.4 Å². The first-order valence-electron chi connectivity index (χ1n) is 5.37. The number of amides is 1. The number of carbonyl (C=O) groups excluding carboxylic acids is 1. The van der Waals surface area contributed by atoms with Crippen LogP contribution in [0.2, 0.25) is 0 Å². The third kappa shape index (κ3) is 4.00. The Labute approximate surface area is 95.5 Å². The Bertz CT molecular complexity index is 335. The Hall–Kier alpha value is -1.39. The maximum atomic E-state index is 10.8. The summed E-state index contributed by atoms with van der Waals surface area (Å²) in [6.45, 7) is 1.64. The summed E-state index contributed by atoms with van der Waals surface area (Å²) in [5, 5.41) is 11.4. The number of hydrogen-bond acceptors (Lipinski definition) is 3. The maximum absolute atomic E-state index is 10.8. The van der Waals surface area contributed by atoms with Crippen molar-refractivity contribution in [3.63, 3.8) is 0 Å². The van der Waals surface area contributed by atoms with E-state index in [2.05, 4.69) is 5.32 Å². The summed E-state index contributed by atoms with van der Waals surface area (Å²) in [6, 6.07) is 7.39. The minimum Gasteiger partial charge on any atom is -0.396 e. The second-order valence-electron chi connectivity index (χ2n) is 3.78. The lowest BCUT2D eigenvalue weighted by Gasteiger charge is -2.11. The highest BCUT2D eigenvalue weighted by atomic mass is 16.2. The molecule has 0 aromatic heterocycles. The van der Waals surface area contributed by atoms with Crippen molar-refractivity contribution in [1.82, 2.24) is 0 Å². The molecule has 4 nitrogen and oxygen atoms in total. The van der Waals surface area contributed by atoms with Crippen LogP contribution in [0, 0.1) is 0 Å². The van der Waals surface area contributed by atoms with E-state index in [4.69, 9.17) is 10.8 Å². The van der Waals surface area contributed by atoms with E-state index in [0.29, 0.717) is 6.42 Å². The van der Waals surface area contributed by atoms with E-state index in [-0.39, 0.29) is 18.6 Å². The van der Waals surface area contributed by atoms with Crippen LogP contribution in [0.15, 0.2) is 24.3 Å². The highest BCUT2D eigenvalue weighted by Crippen LogP contribution is 2.18. The van der Waals surface area contributed by atoms with Gasteiger partial charge in [-0.2, -0.15) is 0 Å². The zero-order valence-corrected chi connectivity index (χ0v) is 9.44. The number of anilines is 1. The van der Waals surface area contributed by atoms with Gasteiger partial charge in [0.25, 0.3) is 0 Å². The van der Waals surface area contributed by atoms with Crippen molar-refractivity contribution in [1.29, 1.82) is 0 Å². The first-order chi connectivity index (χ1) is 7.63. The van der Waals surface area contributed by atoms with E-state index in [9.17, 15) is 4.79 Å². The Morgan fingerprint density at radius 1 is 1.44 bits per heavy atom. The summed E-state index contributed by atoms with van der Waals surface area (Å²) in [7, 11) is 0. The normalized spacial score (nSPS) is 12.2. The summed E-state index contributed by atoms with van der Waals surface area (Å²) >= 11 is 0. The van der Waals surface area contributed by atoms with E-state index >= 15 is 0 Å². The van der Waals surface area contributed by atoms with Gasteiger partial charge in [0.1, 0.15) is 0 Å². The van der Waals surface area contributed by atoms with Gasteiger partial charge in [0.05, 0.1) is 0 Å². The lowest BCUT2D eigenvalue weighted by atomic mass is 10.0. The minimum absolute atomic E-state index is 0.0569. The lowest BCUT2D eigenvalue weighted by Crippen LogP contribution is -2.11. The first-order valence-corrected chi connectivity index (χ1v) is 5.37. The number of carbonyl (C=O) groups is 1. The fourth-order valence-electron chi connectivity index (χ4n) is 1.49. The molecule has 0 unspecified atom stereocenters. The fourth-order valence-corrected chi connectivity index (χ4v) is 1.49. The molecule has 1 amide bonds. The maximum Gasteiger partial charge on any atom is 0.221 e. The molecule has 0 saturated carbocycles. The van der Waals surface area contributed by atoms with Crippen molar-refractivity contribution in [2.75, 3.05) is 11.9 Å². The predicted octanol–water partition coefficient (Wildman–Crippen LogP) is 1.42. The zero-order valence-electron chi connectivity index (χ0n) is 9.44. The first kappa shape index (κ1) is 12.7. The van der Waals surface area contributed by atoms with E-state index < -0.39 is 0 Å². The van der Waals surface area contributed by atoms with Crippen molar-refractivity contribution < 1.29 is 9.90 Å². The monoisotopic (exact) mass is 222 g/mol. The van der Waals surface area contributed by atoms with E-state index in [1.165, 1.54) is 6.92 Å². The zero-order chi connectivity index (χ0) is 12.0. The molecule has 0 spiro atoms.